The van der Waals surface area contributed by atoms with Gasteiger partial charge in [-0.15, -0.1) is 0 Å². The Balaban J connectivity index is 2.16. The SMILES string of the molecule is Nc1cncc(N(c2ccc(C(F)(F)F)cc2)c2cc(F)ccc2N)n1. The van der Waals surface area contributed by atoms with Crippen LogP contribution >= 0.6 is 0 Å². The van der Waals surface area contributed by atoms with Gasteiger partial charge in [-0.05, 0) is 36.4 Å². The topological polar surface area (TPSA) is 81.1 Å². The third-order valence-electron chi connectivity index (χ3n) is 3.56. The van der Waals surface area contributed by atoms with E-state index in [1.54, 1.807) is 0 Å². The first-order valence-electron chi connectivity index (χ1n) is 7.35. The zero-order chi connectivity index (χ0) is 18.9. The van der Waals surface area contributed by atoms with Crippen molar-refractivity contribution in [3.8, 4) is 0 Å². The quantitative estimate of drug-likeness (QED) is 0.537. The minimum absolute atomic E-state index is 0.0920. The molecule has 2 aromatic carbocycles. The fourth-order valence-corrected chi connectivity index (χ4v) is 2.38. The summed E-state index contributed by atoms with van der Waals surface area (Å²) in [6.07, 6.45) is -1.82. The van der Waals surface area contributed by atoms with Gasteiger partial charge in [0, 0.05) is 11.8 Å². The van der Waals surface area contributed by atoms with Gasteiger partial charge >= 0.3 is 6.18 Å². The second kappa shape index (κ2) is 6.51. The number of nitrogens with zero attached hydrogens (tertiary/aromatic N) is 3. The van der Waals surface area contributed by atoms with E-state index in [0.29, 0.717) is 0 Å². The van der Waals surface area contributed by atoms with Gasteiger partial charge in [-0.25, -0.2) is 9.37 Å². The van der Waals surface area contributed by atoms with E-state index < -0.39 is 17.6 Å². The molecule has 134 valence electrons. The fraction of sp³-hybridized carbons (Fsp3) is 0.0588. The molecule has 5 nitrogen and oxygen atoms in total. The Hall–Kier alpha value is -3.36. The monoisotopic (exact) mass is 363 g/mol. The zero-order valence-electron chi connectivity index (χ0n) is 13.2. The molecule has 0 fully saturated rings. The van der Waals surface area contributed by atoms with Crippen molar-refractivity contribution in [2.75, 3.05) is 16.4 Å². The number of benzene rings is 2. The summed E-state index contributed by atoms with van der Waals surface area (Å²) in [5.41, 5.74) is 11.5. The maximum absolute atomic E-state index is 13.7. The lowest BCUT2D eigenvalue weighted by atomic mass is 10.1. The molecule has 0 atom stereocenters. The predicted octanol–water partition coefficient (Wildman–Crippen LogP) is 4.27. The first-order chi connectivity index (χ1) is 12.3. The van der Waals surface area contributed by atoms with E-state index in [0.717, 1.165) is 18.2 Å². The number of nitrogens with two attached hydrogens (primary N) is 2. The molecule has 3 aromatic rings. The van der Waals surface area contributed by atoms with E-state index in [1.807, 2.05) is 0 Å². The van der Waals surface area contributed by atoms with Crippen molar-refractivity contribution in [2.24, 2.45) is 0 Å². The number of hydrogen-bond acceptors (Lipinski definition) is 5. The van der Waals surface area contributed by atoms with E-state index in [4.69, 9.17) is 11.5 Å². The van der Waals surface area contributed by atoms with Gasteiger partial charge in [0.1, 0.15) is 11.6 Å². The van der Waals surface area contributed by atoms with Crippen LogP contribution in [0.15, 0.2) is 54.9 Å². The molecule has 0 saturated heterocycles. The number of hydrogen-bond donors (Lipinski definition) is 2. The maximum atomic E-state index is 13.7. The van der Waals surface area contributed by atoms with Gasteiger partial charge in [0.25, 0.3) is 0 Å². The lowest BCUT2D eigenvalue weighted by molar-refractivity contribution is -0.137. The van der Waals surface area contributed by atoms with Crippen LogP contribution in [0.3, 0.4) is 0 Å². The van der Waals surface area contributed by atoms with Crippen LogP contribution in [0.25, 0.3) is 0 Å². The van der Waals surface area contributed by atoms with Crippen LogP contribution in [0.1, 0.15) is 5.56 Å². The minimum atomic E-state index is -4.47. The molecule has 1 aromatic heterocycles. The molecule has 0 aliphatic carbocycles. The lowest BCUT2D eigenvalue weighted by Gasteiger charge is -2.25. The Bertz CT molecular complexity index is 925. The van der Waals surface area contributed by atoms with Crippen molar-refractivity contribution >= 4 is 28.7 Å². The molecule has 0 saturated carbocycles. The van der Waals surface area contributed by atoms with E-state index in [9.17, 15) is 17.6 Å². The van der Waals surface area contributed by atoms with E-state index >= 15 is 0 Å². The third-order valence-corrected chi connectivity index (χ3v) is 3.56. The van der Waals surface area contributed by atoms with Crippen molar-refractivity contribution in [3.05, 3.63) is 66.2 Å². The fourth-order valence-electron chi connectivity index (χ4n) is 2.38. The summed E-state index contributed by atoms with van der Waals surface area (Å²) in [6.45, 7) is 0. The Morgan fingerprint density at radius 3 is 2.23 bits per heavy atom. The first-order valence-corrected chi connectivity index (χ1v) is 7.35. The van der Waals surface area contributed by atoms with Crippen LogP contribution in [-0.2, 0) is 6.18 Å². The van der Waals surface area contributed by atoms with Crippen molar-refractivity contribution < 1.29 is 17.6 Å². The number of anilines is 5. The molecule has 1 heterocycles. The van der Waals surface area contributed by atoms with Crippen molar-refractivity contribution in [1.82, 2.24) is 9.97 Å². The third kappa shape index (κ3) is 3.51. The molecule has 0 aliphatic rings. The number of alkyl halides is 3. The molecule has 0 amide bonds. The molecule has 26 heavy (non-hydrogen) atoms. The highest BCUT2D eigenvalue weighted by atomic mass is 19.4. The number of nitrogen functional groups attached to an aromatic ring is 2. The molecule has 3 rings (SSSR count). The smallest absolute Gasteiger partial charge is 0.397 e. The number of halogens is 4. The van der Waals surface area contributed by atoms with Gasteiger partial charge in [-0.2, -0.15) is 13.2 Å². The van der Waals surface area contributed by atoms with E-state index in [-0.39, 0.29) is 28.7 Å². The Labute approximate surface area is 145 Å². The lowest BCUT2D eigenvalue weighted by Crippen LogP contribution is -2.15. The summed E-state index contributed by atoms with van der Waals surface area (Å²) >= 11 is 0. The number of aromatic nitrogens is 2. The van der Waals surface area contributed by atoms with Crippen molar-refractivity contribution in [1.29, 1.82) is 0 Å². The summed E-state index contributed by atoms with van der Waals surface area (Å²) in [4.78, 5) is 9.41. The summed E-state index contributed by atoms with van der Waals surface area (Å²) in [7, 11) is 0. The second-order valence-electron chi connectivity index (χ2n) is 5.39. The molecule has 4 N–H and O–H groups in total. The van der Waals surface area contributed by atoms with Crippen LogP contribution in [0.2, 0.25) is 0 Å². The van der Waals surface area contributed by atoms with Gasteiger partial charge in [-0.3, -0.25) is 9.88 Å². The zero-order valence-corrected chi connectivity index (χ0v) is 13.2. The second-order valence-corrected chi connectivity index (χ2v) is 5.39. The van der Waals surface area contributed by atoms with E-state index in [1.165, 1.54) is 41.6 Å². The summed E-state index contributed by atoms with van der Waals surface area (Å²) in [5.74, 6) is -0.292. The van der Waals surface area contributed by atoms with Gasteiger partial charge in [0.15, 0.2) is 5.82 Å². The Morgan fingerprint density at radius 2 is 1.62 bits per heavy atom. The summed E-state index contributed by atoms with van der Waals surface area (Å²) in [5, 5.41) is 0. The highest BCUT2D eigenvalue weighted by Crippen LogP contribution is 2.38. The highest BCUT2D eigenvalue weighted by Gasteiger charge is 2.30. The van der Waals surface area contributed by atoms with Crippen LogP contribution in [0, 0.1) is 5.82 Å². The van der Waals surface area contributed by atoms with Crippen LogP contribution < -0.4 is 16.4 Å². The Kier molecular flexibility index (Phi) is 4.37. The van der Waals surface area contributed by atoms with Gasteiger partial charge < -0.3 is 11.5 Å². The summed E-state index contributed by atoms with van der Waals surface area (Å²) in [6, 6.07) is 7.97. The maximum Gasteiger partial charge on any atom is 0.416 e. The van der Waals surface area contributed by atoms with E-state index in [2.05, 4.69) is 9.97 Å². The van der Waals surface area contributed by atoms with Crippen LogP contribution in [0.5, 0.6) is 0 Å². The van der Waals surface area contributed by atoms with Gasteiger partial charge in [0.2, 0.25) is 0 Å². The molecule has 0 bridgehead atoms. The van der Waals surface area contributed by atoms with Crippen molar-refractivity contribution in [3.63, 3.8) is 0 Å². The number of rotatable bonds is 3. The Morgan fingerprint density at radius 1 is 0.923 bits per heavy atom. The average molecular weight is 363 g/mol. The predicted molar refractivity (Wildman–Crippen MR) is 90.5 cm³/mol. The first kappa shape index (κ1) is 17.5. The van der Waals surface area contributed by atoms with Crippen molar-refractivity contribution in [2.45, 2.75) is 6.18 Å². The molecular weight excluding hydrogens is 350 g/mol. The molecule has 0 unspecified atom stereocenters. The standard InChI is InChI=1S/C17H13F4N5/c18-11-3-6-13(22)14(7-11)26(16-9-24-8-15(23)25-16)12-4-1-10(2-5-12)17(19,20)21/h1-9H,22H2,(H2,23,25). The highest BCUT2D eigenvalue weighted by molar-refractivity contribution is 5.82. The summed E-state index contributed by atoms with van der Waals surface area (Å²) < 4.78 is 52.2. The molecule has 0 spiro atoms. The minimum Gasteiger partial charge on any atom is -0.397 e. The van der Waals surface area contributed by atoms with Crippen LogP contribution in [0.4, 0.5) is 46.3 Å². The van der Waals surface area contributed by atoms with Gasteiger partial charge in [-0.1, -0.05) is 0 Å². The molecule has 9 heteroatoms. The molecule has 0 aliphatic heterocycles. The molecular formula is C17H13F4N5. The normalized spacial score (nSPS) is 11.4. The average Bonchev–Trinajstić information content (AvgIpc) is 2.58. The largest absolute Gasteiger partial charge is 0.416 e. The van der Waals surface area contributed by atoms with Crippen LogP contribution in [-0.4, -0.2) is 9.97 Å². The van der Waals surface area contributed by atoms with Gasteiger partial charge in [0.05, 0.1) is 29.3 Å². The molecule has 0 radical (unpaired) electrons.